The summed E-state index contributed by atoms with van der Waals surface area (Å²) in [7, 11) is 0. The van der Waals surface area contributed by atoms with Crippen molar-refractivity contribution < 1.29 is 0 Å². The summed E-state index contributed by atoms with van der Waals surface area (Å²) in [6, 6.07) is 77.2. The minimum absolute atomic E-state index is 0.00782. The van der Waals surface area contributed by atoms with Crippen LogP contribution < -0.4 is 4.90 Å². The van der Waals surface area contributed by atoms with Crippen molar-refractivity contribution in [3.63, 3.8) is 0 Å². The molecular weight excluding hydrogens is 807 g/mol. The summed E-state index contributed by atoms with van der Waals surface area (Å²) < 4.78 is 0. The van der Waals surface area contributed by atoms with Crippen molar-refractivity contribution in [3.8, 4) is 44.5 Å². The van der Waals surface area contributed by atoms with E-state index in [4.69, 9.17) is 0 Å². The molecule has 0 heterocycles. The topological polar surface area (TPSA) is 3.24 Å². The van der Waals surface area contributed by atoms with Crippen molar-refractivity contribution in [2.45, 2.75) is 78.6 Å². The lowest BCUT2D eigenvalue weighted by Gasteiger charge is -2.32. The third-order valence-electron chi connectivity index (χ3n) is 13.7. The van der Waals surface area contributed by atoms with Crippen LogP contribution in [0.4, 0.5) is 17.1 Å². The molecule has 1 nitrogen and oxygen atoms in total. The van der Waals surface area contributed by atoms with Crippen LogP contribution in [0.2, 0.25) is 0 Å². The largest absolute Gasteiger partial charge is 0.309 e. The minimum Gasteiger partial charge on any atom is -0.309 e. The lowest BCUT2D eigenvalue weighted by atomic mass is 9.78. The maximum atomic E-state index is 2.52. The first kappa shape index (κ1) is 43.7. The zero-order valence-corrected chi connectivity index (χ0v) is 40.6. The molecule has 10 aromatic rings. The SMILES string of the molecule is CC(C)(C)c1cc(-c2cccc3cccc(-c4ccccc4N(c4ccc(-c5cccc6c5ccc5ccccc56)cc4)c4cc(C(C)(C)C)ccc4-c4ccccc4)c23)cc(C(C)(C)C)c1. The fourth-order valence-corrected chi connectivity index (χ4v) is 9.89. The summed E-state index contributed by atoms with van der Waals surface area (Å²) in [5, 5.41) is 7.55. The number of anilines is 3. The molecule has 0 aliphatic carbocycles. The summed E-state index contributed by atoms with van der Waals surface area (Å²) in [5.41, 5.74) is 16.9. The fourth-order valence-electron chi connectivity index (χ4n) is 9.89. The summed E-state index contributed by atoms with van der Waals surface area (Å²) in [6.07, 6.45) is 0. The summed E-state index contributed by atoms with van der Waals surface area (Å²) >= 11 is 0. The highest BCUT2D eigenvalue weighted by Crippen LogP contribution is 2.49. The second-order valence-corrected chi connectivity index (χ2v) is 21.4. The molecule has 0 saturated carbocycles. The van der Waals surface area contributed by atoms with Gasteiger partial charge in [0.15, 0.2) is 0 Å². The van der Waals surface area contributed by atoms with Crippen molar-refractivity contribution in [2.75, 3.05) is 4.90 Å². The quantitative estimate of drug-likeness (QED) is 0.144. The Morgan fingerprint density at radius 3 is 1.54 bits per heavy atom. The van der Waals surface area contributed by atoms with Crippen molar-refractivity contribution in [1.29, 1.82) is 0 Å². The Balaban J connectivity index is 1.22. The number of para-hydroxylation sites is 1. The van der Waals surface area contributed by atoms with E-state index in [1.165, 1.54) is 93.5 Å². The molecule has 1 heteroatoms. The average Bonchev–Trinajstić information content (AvgIpc) is 3.33. The van der Waals surface area contributed by atoms with Gasteiger partial charge >= 0.3 is 0 Å². The van der Waals surface area contributed by atoms with E-state index in [9.17, 15) is 0 Å². The van der Waals surface area contributed by atoms with Crippen LogP contribution in [0, 0.1) is 0 Å². The molecule has 0 aliphatic rings. The van der Waals surface area contributed by atoms with E-state index in [0.29, 0.717) is 0 Å². The first-order valence-corrected chi connectivity index (χ1v) is 23.9. The molecule has 10 rings (SSSR count). The highest BCUT2D eigenvalue weighted by atomic mass is 15.1. The normalized spacial score (nSPS) is 12.3. The number of fused-ring (bicyclic) bond motifs is 4. The molecule has 0 spiro atoms. The summed E-state index contributed by atoms with van der Waals surface area (Å²) in [4.78, 5) is 2.52. The van der Waals surface area contributed by atoms with Gasteiger partial charge in [0.05, 0.1) is 11.4 Å². The molecule has 0 bridgehead atoms. The smallest absolute Gasteiger partial charge is 0.0543 e. The van der Waals surface area contributed by atoms with E-state index in [-0.39, 0.29) is 16.2 Å². The van der Waals surface area contributed by atoms with Crippen LogP contribution in [0.25, 0.3) is 76.8 Å². The number of nitrogens with zero attached hydrogens (tertiary/aromatic N) is 1. The van der Waals surface area contributed by atoms with Gasteiger partial charge in [-0.3, -0.25) is 0 Å². The van der Waals surface area contributed by atoms with Crippen LogP contribution in [-0.4, -0.2) is 0 Å². The van der Waals surface area contributed by atoms with Gasteiger partial charge in [-0.25, -0.2) is 0 Å². The first-order chi connectivity index (χ1) is 32.1. The van der Waals surface area contributed by atoms with Gasteiger partial charge in [0.2, 0.25) is 0 Å². The van der Waals surface area contributed by atoms with Crippen molar-refractivity contribution in [2.24, 2.45) is 0 Å². The molecule has 0 amide bonds. The number of rotatable bonds is 7. The fraction of sp³-hybridized carbons (Fsp3) is 0.182. The Bertz CT molecular complexity index is 3400. The summed E-state index contributed by atoms with van der Waals surface area (Å²) in [6.45, 7) is 20.9. The van der Waals surface area contributed by atoms with E-state index < -0.39 is 0 Å². The summed E-state index contributed by atoms with van der Waals surface area (Å²) in [5.74, 6) is 0. The van der Waals surface area contributed by atoms with Gasteiger partial charge in [-0.2, -0.15) is 0 Å². The van der Waals surface area contributed by atoms with E-state index >= 15 is 0 Å². The van der Waals surface area contributed by atoms with Gasteiger partial charge in [-0.1, -0.05) is 244 Å². The molecular formula is C66H61N. The first-order valence-electron chi connectivity index (χ1n) is 23.9. The van der Waals surface area contributed by atoms with E-state index in [1.807, 2.05) is 0 Å². The zero-order chi connectivity index (χ0) is 46.7. The Kier molecular flexibility index (Phi) is 11.0. The molecule has 0 aromatic heterocycles. The van der Waals surface area contributed by atoms with Crippen LogP contribution in [-0.2, 0) is 16.2 Å². The highest BCUT2D eigenvalue weighted by Gasteiger charge is 2.26. The van der Waals surface area contributed by atoms with Crippen molar-refractivity contribution in [3.05, 3.63) is 223 Å². The predicted molar refractivity (Wildman–Crippen MR) is 291 cm³/mol. The molecule has 0 atom stereocenters. The Morgan fingerprint density at radius 2 is 0.836 bits per heavy atom. The van der Waals surface area contributed by atoms with Gasteiger partial charge in [0, 0.05) is 16.8 Å². The van der Waals surface area contributed by atoms with Crippen molar-refractivity contribution in [1.82, 2.24) is 0 Å². The monoisotopic (exact) mass is 867 g/mol. The molecule has 0 saturated heterocycles. The second-order valence-electron chi connectivity index (χ2n) is 21.4. The van der Waals surface area contributed by atoms with Gasteiger partial charge in [-0.05, 0) is 123 Å². The molecule has 0 N–H and O–H groups in total. The van der Waals surface area contributed by atoms with E-state index in [2.05, 4.69) is 273 Å². The van der Waals surface area contributed by atoms with E-state index in [0.717, 1.165) is 17.1 Å². The van der Waals surface area contributed by atoms with Crippen LogP contribution >= 0.6 is 0 Å². The average molecular weight is 868 g/mol. The molecule has 0 radical (unpaired) electrons. The Labute approximate surface area is 398 Å². The lowest BCUT2D eigenvalue weighted by molar-refractivity contribution is 0.569. The van der Waals surface area contributed by atoms with E-state index in [1.54, 1.807) is 0 Å². The lowest BCUT2D eigenvalue weighted by Crippen LogP contribution is -2.16. The van der Waals surface area contributed by atoms with Crippen LogP contribution in [0.3, 0.4) is 0 Å². The maximum absolute atomic E-state index is 2.52. The Hall–Kier alpha value is -7.22. The Morgan fingerprint density at radius 1 is 0.284 bits per heavy atom. The van der Waals surface area contributed by atoms with Gasteiger partial charge in [0.25, 0.3) is 0 Å². The molecule has 330 valence electrons. The molecule has 10 aromatic carbocycles. The highest BCUT2D eigenvalue weighted by molar-refractivity contribution is 6.12. The number of hydrogen-bond acceptors (Lipinski definition) is 1. The standard InChI is InChI=1S/C66H61N/c1-64(2,3)49-35-39-55(44-20-11-10-12-21-44)62(43-49)67(52-36-32-46(33-37-52)54-27-19-29-57-53-25-14-13-22-45(53)34-38-58(54)57)61-31-16-15-26-59(61)60-30-18-24-47-23-17-28-56(63(47)60)48-40-50(65(4,5)6)42-51(41-48)66(7,8)9/h10-43H,1-9H3. The maximum Gasteiger partial charge on any atom is 0.0543 e. The number of hydrogen-bond donors (Lipinski definition) is 0. The molecule has 67 heavy (non-hydrogen) atoms. The zero-order valence-electron chi connectivity index (χ0n) is 40.6. The predicted octanol–water partition coefficient (Wildman–Crippen LogP) is 19.2. The molecule has 0 fully saturated rings. The van der Waals surface area contributed by atoms with Crippen LogP contribution in [0.1, 0.15) is 79.0 Å². The van der Waals surface area contributed by atoms with Gasteiger partial charge in [-0.15, -0.1) is 0 Å². The van der Waals surface area contributed by atoms with Gasteiger partial charge < -0.3 is 4.90 Å². The van der Waals surface area contributed by atoms with Crippen LogP contribution in [0.5, 0.6) is 0 Å². The van der Waals surface area contributed by atoms with Crippen molar-refractivity contribution >= 4 is 49.4 Å². The third kappa shape index (κ3) is 8.34. The third-order valence-corrected chi connectivity index (χ3v) is 13.7. The van der Waals surface area contributed by atoms with Crippen LogP contribution in [0.15, 0.2) is 206 Å². The number of benzene rings is 10. The van der Waals surface area contributed by atoms with Gasteiger partial charge in [0.1, 0.15) is 0 Å². The minimum atomic E-state index is -0.0738. The second kappa shape index (κ2) is 16.9. The molecule has 0 aliphatic heterocycles. The molecule has 0 unspecified atom stereocenters.